The van der Waals surface area contributed by atoms with E-state index in [1.54, 1.807) is 4.90 Å². The van der Waals surface area contributed by atoms with Crippen molar-refractivity contribution in [3.63, 3.8) is 0 Å². The van der Waals surface area contributed by atoms with Gasteiger partial charge in [-0.05, 0) is 38.5 Å². The number of carbonyl (C=O) groups is 3. The molecule has 3 saturated heterocycles. The van der Waals surface area contributed by atoms with Crippen molar-refractivity contribution in [2.75, 3.05) is 39.3 Å². The molecule has 0 radical (unpaired) electrons. The molecule has 8 heteroatoms. The molecule has 0 spiro atoms. The number of rotatable bonds is 2. The first-order valence-corrected chi connectivity index (χ1v) is 9.36. The van der Waals surface area contributed by atoms with Crippen molar-refractivity contribution in [3.8, 4) is 0 Å². The number of aliphatic carboxylic acids is 1. The van der Waals surface area contributed by atoms with Crippen LogP contribution in [0.15, 0.2) is 0 Å². The van der Waals surface area contributed by atoms with Gasteiger partial charge in [0.15, 0.2) is 0 Å². The second-order valence-corrected chi connectivity index (χ2v) is 7.31. The van der Waals surface area contributed by atoms with Crippen molar-refractivity contribution in [2.45, 2.75) is 44.6 Å². The SMILES string of the molecule is O=C(O)C1CCN(C(=O)NC2CCCN(C(=O)N3CCCC3)C2)CC1. The Morgan fingerprint density at radius 1 is 0.800 bits per heavy atom. The van der Waals surface area contributed by atoms with Gasteiger partial charge in [0.2, 0.25) is 0 Å². The van der Waals surface area contributed by atoms with E-state index in [0.29, 0.717) is 32.5 Å². The van der Waals surface area contributed by atoms with Crippen molar-refractivity contribution in [1.82, 2.24) is 20.0 Å². The van der Waals surface area contributed by atoms with Crippen LogP contribution >= 0.6 is 0 Å². The summed E-state index contributed by atoms with van der Waals surface area (Å²) in [5, 5.41) is 12.1. The summed E-state index contributed by atoms with van der Waals surface area (Å²) in [5.41, 5.74) is 0. The summed E-state index contributed by atoms with van der Waals surface area (Å²) in [5.74, 6) is -1.12. The van der Waals surface area contributed by atoms with Crippen molar-refractivity contribution >= 4 is 18.0 Å². The predicted octanol–water partition coefficient (Wildman–Crippen LogP) is 1.17. The second-order valence-electron chi connectivity index (χ2n) is 7.31. The fourth-order valence-electron chi connectivity index (χ4n) is 3.97. The monoisotopic (exact) mass is 352 g/mol. The molecule has 3 heterocycles. The number of hydrogen-bond donors (Lipinski definition) is 2. The largest absolute Gasteiger partial charge is 0.481 e. The van der Waals surface area contributed by atoms with Crippen LogP contribution in [0.4, 0.5) is 9.59 Å². The number of nitrogens with zero attached hydrogens (tertiary/aromatic N) is 3. The Balaban J connectivity index is 1.46. The second kappa shape index (κ2) is 7.93. The van der Waals surface area contributed by atoms with E-state index >= 15 is 0 Å². The van der Waals surface area contributed by atoms with E-state index in [0.717, 1.165) is 45.3 Å². The van der Waals surface area contributed by atoms with Gasteiger partial charge >= 0.3 is 18.0 Å². The molecule has 8 nitrogen and oxygen atoms in total. The molecule has 1 atom stereocenters. The van der Waals surface area contributed by atoms with E-state index < -0.39 is 5.97 Å². The van der Waals surface area contributed by atoms with Crippen LogP contribution in [0.3, 0.4) is 0 Å². The Bertz CT molecular complexity index is 513. The molecule has 0 aliphatic carbocycles. The van der Waals surface area contributed by atoms with Gasteiger partial charge in [0.25, 0.3) is 0 Å². The molecule has 0 saturated carbocycles. The lowest BCUT2D eigenvalue weighted by Gasteiger charge is -2.37. The van der Waals surface area contributed by atoms with E-state index in [4.69, 9.17) is 5.11 Å². The Morgan fingerprint density at radius 3 is 2.08 bits per heavy atom. The maximum Gasteiger partial charge on any atom is 0.320 e. The molecule has 0 aromatic heterocycles. The summed E-state index contributed by atoms with van der Waals surface area (Å²) < 4.78 is 0. The summed E-state index contributed by atoms with van der Waals surface area (Å²) in [6.07, 6.45) is 4.94. The minimum absolute atomic E-state index is 0.0231. The molecule has 3 aliphatic rings. The molecule has 140 valence electrons. The average molecular weight is 352 g/mol. The normalized spacial score (nSPS) is 25.1. The van der Waals surface area contributed by atoms with Gasteiger partial charge in [0.1, 0.15) is 0 Å². The Hall–Kier alpha value is -1.99. The lowest BCUT2D eigenvalue weighted by atomic mass is 9.97. The van der Waals surface area contributed by atoms with Crippen LogP contribution in [0, 0.1) is 5.92 Å². The highest BCUT2D eigenvalue weighted by atomic mass is 16.4. The number of carboxylic acids is 1. The molecule has 3 fully saturated rings. The highest BCUT2D eigenvalue weighted by molar-refractivity contribution is 5.77. The highest BCUT2D eigenvalue weighted by Crippen LogP contribution is 2.19. The number of hydrogen-bond acceptors (Lipinski definition) is 3. The molecule has 0 aromatic rings. The van der Waals surface area contributed by atoms with E-state index in [1.807, 2.05) is 9.80 Å². The Labute approximate surface area is 148 Å². The number of urea groups is 2. The Kier molecular flexibility index (Phi) is 5.65. The molecule has 3 rings (SSSR count). The van der Waals surface area contributed by atoms with Gasteiger partial charge in [0, 0.05) is 45.3 Å². The summed E-state index contributed by atoms with van der Waals surface area (Å²) >= 11 is 0. The molecule has 0 bridgehead atoms. The number of amides is 4. The third-order valence-corrected chi connectivity index (χ3v) is 5.53. The van der Waals surface area contributed by atoms with Crippen LogP contribution in [0.25, 0.3) is 0 Å². The minimum atomic E-state index is -0.775. The first kappa shape index (κ1) is 17.8. The molecule has 25 heavy (non-hydrogen) atoms. The first-order chi connectivity index (χ1) is 12.0. The fraction of sp³-hybridized carbons (Fsp3) is 0.824. The van der Waals surface area contributed by atoms with Gasteiger partial charge in [-0.3, -0.25) is 4.79 Å². The van der Waals surface area contributed by atoms with E-state index in [1.165, 1.54) is 0 Å². The molecule has 0 aromatic carbocycles. The molecular weight excluding hydrogens is 324 g/mol. The van der Waals surface area contributed by atoms with Crippen molar-refractivity contribution < 1.29 is 19.5 Å². The van der Waals surface area contributed by atoms with Crippen LogP contribution in [-0.4, -0.2) is 83.1 Å². The van der Waals surface area contributed by atoms with Gasteiger partial charge in [0.05, 0.1) is 5.92 Å². The average Bonchev–Trinajstić information content (AvgIpc) is 3.16. The predicted molar refractivity (Wildman–Crippen MR) is 91.3 cm³/mol. The van der Waals surface area contributed by atoms with Crippen LogP contribution in [0.2, 0.25) is 0 Å². The first-order valence-electron chi connectivity index (χ1n) is 9.36. The third kappa shape index (κ3) is 4.35. The van der Waals surface area contributed by atoms with Crippen LogP contribution in [0.1, 0.15) is 38.5 Å². The van der Waals surface area contributed by atoms with Crippen LogP contribution in [-0.2, 0) is 4.79 Å². The maximum absolute atomic E-state index is 12.5. The third-order valence-electron chi connectivity index (χ3n) is 5.53. The zero-order chi connectivity index (χ0) is 17.8. The van der Waals surface area contributed by atoms with E-state index in [9.17, 15) is 14.4 Å². The fourth-order valence-corrected chi connectivity index (χ4v) is 3.97. The molecule has 4 amide bonds. The minimum Gasteiger partial charge on any atom is -0.481 e. The number of nitrogens with one attached hydrogen (secondary N) is 1. The lowest BCUT2D eigenvalue weighted by Crippen LogP contribution is -2.55. The maximum atomic E-state index is 12.5. The summed E-state index contributed by atoms with van der Waals surface area (Å²) in [4.78, 5) is 41.4. The quantitative estimate of drug-likeness (QED) is 0.780. The van der Waals surface area contributed by atoms with Crippen molar-refractivity contribution in [2.24, 2.45) is 5.92 Å². The standard InChI is InChI=1S/C17H28N4O4/c22-15(23)13-5-10-19(11-6-13)16(24)18-14-4-3-9-21(12-14)17(25)20-7-1-2-8-20/h13-14H,1-12H2,(H,18,24)(H,22,23). The number of piperidine rings is 2. The molecular formula is C17H28N4O4. The van der Waals surface area contributed by atoms with Gasteiger partial charge in [-0.15, -0.1) is 0 Å². The van der Waals surface area contributed by atoms with Gasteiger partial charge in [-0.25, -0.2) is 9.59 Å². The molecule has 2 N–H and O–H groups in total. The zero-order valence-corrected chi connectivity index (χ0v) is 14.7. The van der Waals surface area contributed by atoms with E-state index in [2.05, 4.69) is 5.32 Å². The number of likely N-dealkylation sites (tertiary alicyclic amines) is 3. The summed E-state index contributed by atoms with van der Waals surface area (Å²) in [6, 6.07) is -0.0620. The summed E-state index contributed by atoms with van der Waals surface area (Å²) in [7, 11) is 0. The van der Waals surface area contributed by atoms with Crippen molar-refractivity contribution in [3.05, 3.63) is 0 Å². The lowest BCUT2D eigenvalue weighted by molar-refractivity contribution is -0.143. The van der Waals surface area contributed by atoms with Gasteiger partial charge in [-0.1, -0.05) is 0 Å². The van der Waals surface area contributed by atoms with Crippen LogP contribution < -0.4 is 5.32 Å². The topological polar surface area (TPSA) is 93.2 Å². The molecule has 1 unspecified atom stereocenters. The Morgan fingerprint density at radius 2 is 1.44 bits per heavy atom. The highest BCUT2D eigenvalue weighted by Gasteiger charge is 2.31. The van der Waals surface area contributed by atoms with E-state index in [-0.39, 0.29) is 24.0 Å². The van der Waals surface area contributed by atoms with Gasteiger partial charge in [-0.2, -0.15) is 0 Å². The van der Waals surface area contributed by atoms with Crippen LogP contribution in [0.5, 0.6) is 0 Å². The zero-order valence-electron chi connectivity index (χ0n) is 14.7. The smallest absolute Gasteiger partial charge is 0.320 e. The van der Waals surface area contributed by atoms with Crippen molar-refractivity contribution in [1.29, 1.82) is 0 Å². The summed E-state index contributed by atoms with van der Waals surface area (Å²) in [6.45, 7) is 3.95. The van der Waals surface area contributed by atoms with Gasteiger partial charge < -0.3 is 25.1 Å². The number of carbonyl (C=O) groups excluding carboxylic acids is 2. The molecule has 3 aliphatic heterocycles. The number of carboxylic acid groups (broad SMARTS) is 1.